The molecule has 1 aromatic rings. The van der Waals surface area contributed by atoms with Crippen LogP contribution in [0.2, 0.25) is 0 Å². The number of benzene rings is 1. The van der Waals surface area contributed by atoms with E-state index in [1.165, 1.54) is 0 Å². The minimum atomic E-state index is -0.462. The highest BCUT2D eigenvalue weighted by Crippen LogP contribution is 2.10. The fourth-order valence-electron chi connectivity index (χ4n) is 1.85. The van der Waals surface area contributed by atoms with E-state index in [2.05, 4.69) is 17.5 Å². The predicted octanol–water partition coefficient (Wildman–Crippen LogP) is 1.73. The summed E-state index contributed by atoms with van der Waals surface area (Å²) < 4.78 is 5.48. The lowest BCUT2D eigenvalue weighted by molar-refractivity contribution is 0.104. The minimum absolute atomic E-state index is 0.331. The Morgan fingerprint density at radius 2 is 1.94 bits per heavy atom. The van der Waals surface area contributed by atoms with Crippen molar-refractivity contribution in [2.45, 2.75) is 25.0 Å². The molecule has 3 heteroatoms. The van der Waals surface area contributed by atoms with Crippen LogP contribution in [-0.2, 0) is 0 Å². The van der Waals surface area contributed by atoms with Crippen LogP contribution in [0.1, 0.15) is 12.8 Å². The molecule has 1 aliphatic rings. The molecule has 1 unspecified atom stereocenters. The third-order valence-corrected chi connectivity index (χ3v) is 2.84. The molecule has 2 N–H and O–H groups in total. The monoisotopic (exact) mass is 233 g/mol. The number of nitrogens with one attached hydrogen (secondary N) is 1. The van der Waals surface area contributed by atoms with E-state index in [0.29, 0.717) is 19.2 Å². The average molecular weight is 233 g/mol. The van der Waals surface area contributed by atoms with Crippen LogP contribution >= 0.6 is 0 Å². The normalized spacial score (nSPS) is 17.2. The van der Waals surface area contributed by atoms with Crippen molar-refractivity contribution in [3.8, 4) is 5.75 Å². The Hall–Kier alpha value is -1.32. The van der Waals surface area contributed by atoms with Crippen molar-refractivity contribution in [1.29, 1.82) is 0 Å². The molecule has 0 fully saturated rings. The van der Waals surface area contributed by atoms with Crippen LogP contribution in [0.15, 0.2) is 42.5 Å². The number of ether oxygens (including phenoxy) is 1. The van der Waals surface area contributed by atoms with Gasteiger partial charge in [-0.25, -0.2) is 0 Å². The lowest BCUT2D eigenvalue weighted by atomic mass is 10.2. The molecule has 0 amide bonds. The van der Waals surface area contributed by atoms with Gasteiger partial charge >= 0.3 is 0 Å². The van der Waals surface area contributed by atoms with Gasteiger partial charge in [0.15, 0.2) is 0 Å². The van der Waals surface area contributed by atoms with E-state index in [4.69, 9.17) is 4.74 Å². The van der Waals surface area contributed by atoms with Crippen molar-refractivity contribution in [2.75, 3.05) is 13.2 Å². The van der Waals surface area contributed by atoms with Crippen LogP contribution < -0.4 is 10.1 Å². The highest BCUT2D eigenvalue weighted by molar-refractivity contribution is 5.20. The molecule has 0 aromatic heterocycles. The average Bonchev–Trinajstić information content (AvgIpc) is 2.88. The number of rotatable bonds is 6. The number of para-hydroxylation sites is 1. The van der Waals surface area contributed by atoms with Gasteiger partial charge < -0.3 is 15.2 Å². The third kappa shape index (κ3) is 4.21. The number of aliphatic hydroxyl groups excluding tert-OH is 1. The number of aliphatic hydroxyl groups is 1. The predicted molar refractivity (Wildman–Crippen MR) is 68.1 cm³/mol. The Kier molecular flexibility index (Phi) is 4.59. The summed E-state index contributed by atoms with van der Waals surface area (Å²) in [6.07, 6.45) is 6.00. The molecular weight excluding hydrogens is 214 g/mol. The van der Waals surface area contributed by atoms with Gasteiger partial charge in [-0.05, 0) is 25.0 Å². The molecule has 0 radical (unpaired) electrons. The van der Waals surface area contributed by atoms with Crippen molar-refractivity contribution in [2.24, 2.45) is 0 Å². The second kappa shape index (κ2) is 6.42. The van der Waals surface area contributed by atoms with Crippen LogP contribution in [0.3, 0.4) is 0 Å². The Bertz CT molecular complexity index is 342. The standard InChI is InChI=1S/C14H19NO2/c16-13(10-15-12-6-4-5-7-12)11-17-14-8-2-1-3-9-14/h1-5,8-9,12-13,15-16H,6-7,10-11H2. The number of hydrogen-bond acceptors (Lipinski definition) is 3. The zero-order valence-corrected chi connectivity index (χ0v) is 9.88. The van der Waals surface area contributed by atoms with E-state index in [1.807, 2.05) is 30.3 Å². The molecule has 1 aromatic carbocycles. The molecular formula is C14H19NO2. The van der Waals surface area contributed by atoms with E-state index in [0.717, 1.165) is 18.6 Å². The van der Waals surface area contributed by atoms with Crippen molar-refractivity contribution in [3.63, 3.8) is 0 Å². The maximum atomic E-state index is 9.76. The van der Waals surface area contributed by atoms with Gasteiger partial charge in [0.25, 0.3) is 0 Å². The van der Waals surface area contributed by atoms with Crippen molar-refractivity contribution in [1.82, 2.24) is 5.32 Å². The van der Waals surface area contributed by atoms with Gasteiger partial charge in [-0.15, -0.1) is 0 Å². The van der Waals surface area contributed by atoms with Gasteiger partial charge in [-0.2, -0.15) is 0 Å². The lowest BCUT2D eigenvalue weighted by Gasteiger charge is -2.16. The molecule has 1 atom stereocenters. The van der Waals surface area contributed by atoms with Gasteiger partial charge in [-0.3, -0.25) is 0 Å². The lowest BCUT2D eigenvalue weighted by Crippen LogP contribution is -2.36. The zero-order valence-electron chi connectivity index (χ0n) is 9.88. The summed E-state index contributed by atoms with van der Waals surface area (Å²) >= 11 is 0. The molecule has 0 heterocycles. The molecule has 3 nitrogen and oxygen atoms in total. The van der Waals surface area contributed by atoms with Crippen LogP contribution in [0, 0.1) is 0 Å². The molecule has 0 saturated carbocycles. The first kappa shape index (κ1) is 12.1. The summed E-state index contributed by atoms with van der Waals surface area (Å²) in [6, 6.07) is 10.1. The first-order chi connectivity index (χ1) is 8.34. The highest BCUT2D eigenvalue weighted by Gasteiger charge is 2.12. The molecule has 2 rings (SSSR count). The summed E-state index contributed by atoms with van der Waals surface area (Å²) in [7, 11) is 0. The molecule has 0 bridgehead atoms. The molecule has 0 aliphatic heterocycles. The van der Waals surface area contributed by atoms with Gasteiger partial charge in [0.1, 0.15) is 18.5 Å². The Balaban J connectivity index is 1.62. The van der Waals surface area contributed by atoms with Crippen LogP contribution in [0.25, 0.3) is 0 Å². The van der Waals surface area contributed by atoms with Crippen molar-refractivity contribution >= 4 is 0 Å². The van der Waals surface area contributed by atoms with Crippen LogP contribution in [0.5, 0.6) is 5.75 Å². The smallest absolute Gasteiger partial charge is 0.119 e. The van der Waals surface area contributed by atoms with Crippen LogP contribution in [0.4, 0.5) is 0 Å². The van der Waals surface area contributed by atoms with Crippen molar-refractivity contribution < 1.29 is 9.84 Å². The van der Waals surface area contributed by atoms with E-state index in [-0.39, 0.29) is 0 Å². The highest BCUT2D eigenvalue weighted by atomic mass is 16.5. The maximum Gasteiger partial charge on any atom is 0.119 e. The Morgan fingerprint density at radius 3 is 2.65 bits per heavy atom. The molecule has 17 heavy (non-hydrogen) atoms. The third-order valence-electron chi connectivity index (χ3n) is 2.84. The first-order valence-corrected chi connectivity index (χ1v) is 6.09. The number of hydrogen-bond donors (Lipinski definition) is 2. The quantitative estimate of drug-likeness (QED) is 0.735. The van der Waals surface area contributed by atoms with Gasteiger partial charge in [0.05, 0.1) is 0 Å². The summed E-state index contributed by atoms with van der Waals surface area (Å²) in [5.74, 6) is 0.800. The molecule has 92 valence electrons. The molecule has 0 spiro atoms. The minimum Gasteiger partial charge on any atom is -0.491 e. The summed E-state index contributed by atoms with van der Waals surface area (Å²) in [4.78, 5) is 0. The summed E-state index contributed by atoms with van der Waals surface area (Å²) in [6.45, 7) is 0.913. The van der Waals surface area contributed by atoms with E-state index in [9.17, 15) is 5.11 Å². The molecule has 0 saturated heterocycles. The van der Waals surface area contributed by atoms with Gasteiger partial charge in [-0.1, -0.05) is 30.4 Å². The van der Waals surface area contributed by atoms with Gasteiger partial charge in [0.2, 0.25) is 0 Å². The summed E-state index contributed by atoms with van der Waals surface area (Å²) in [5, 5.41) is 13.1. The second-order valence-electron chi connectivity index (χ2n) is 4.33. The Morgan fingerprint density at radius 1 is 1.24 bits per heavy atom. The first-order valence-electron chi connectivity index (χ1n) is 6.09. The maximum absolute atomic E-state index is 9.76. The largest absolute Gasteiger partial charge is 0.491 e. The fraction of sp³-hybridized carbons (Fsp3) is 0.429. The zero-order chi connectivity index (χ0) is 11.9. The fourth-order valence-corrected chi connectivity index (χ4v) is 1.85. The van der Waals surface area contributed by atoms with E-state index < -0.39 is 6.10 Å². The van der Waals surface area contributed by atoms with Gasteiger partial charge in [0, 0.05) is 12.6 Å². The Labute approximate surface area is 102 Å². The van der Waals surface area contributed by atoms with E-state index >= 15 is 0 Å². The molecule has 1 aliphatic carbocycles. The summed E-state index contributed by atoms with van der Waals surface area (Å²) in [5.41, 5.74) is 0. The second-order valence-corrected chi connectivity index (χ2v) is 4.33. The van der Waals surface area contributed by atoms with E-state index in [1.54, 1.807) is 0 Å². The topological polar surface area (TPSA) is 41.5 Å². The SMILES string of the molecule is OC(CNC1CC=CC1)COc1ccccc1. The van der Waals surface area contributed by atoms with Crippen LogP contribution in [-0.4, -0.2) is 30.4 Å². The van der Waals surface area contributed by atoms with Crippen molar-refractivity contribution in [3.05, 3.63) is 42.5 Å².